The molecule has 0 aliphatic rings. The highest BCUT2D eigenvalue weighted by molar-refractivity contribution is 6.30. The number of carbonyl (C=O) groups excluding carboxylic acids is 2. The fraction of sp³-hybridized carbons (Fsp3) is 0.200. The van der Waals surface area contributed by atoms with Crippen LogP contribution in [-0.2, 0) is 4.79 Å². The maximum atomic E-state index is 11.4. The molecule has 0 saturated heterocycles. The van der Waals surface area contributed by atoms with Crippen molar-refractivity contribution in [1.82, 2.24) is 5.32 Å². The van der Waals surface area contributed by atoms with Gasteiger partial charge in [0, 0.05) is 17.0 Å². The molecular formula is C10H10ClNO2. The summed E-state index contributed by atoms with van der Waals surface area (Å²) in [5.41, 5.74) is 0.427. The van der Waals surface area contributed by atoms with Gasteiger partial charge in [0.25, 0.3) is 5.91 Å². The van der Waals surface area contributed by atoms with Crippen molar-refractivity contribution in [2.45, 2.75) is 13.3 Å². The molecule has 2 amide bonds. The molecule has 0 radical (unpaired) electrons. The Balaban J connectivity index is 2.70. The van der Waals surface area contributed by atoms with Crippen molar-refractivity contribution in [2.75, 3.05) is 0 Å². The number of amides is 2. The minimum Gasteiger partial charge on any atom is -0.292 e. The summed E-state index contributed by atoms with van der Waals surface area (Å²) in [6.07, 6.45) is 0.291. The zero-order valence-electron chi connectivity index (χ0n) is 7.71. The molecule has 0 saturated carbocycles. The van der Waals surface area contributed by atoms with Gasteiger partial charge in [-0.25, -0.2) is 0 Å². The number of benzene rings is 1. The van der Waals surface area contributed by atoms with Crippen molar-refractivity contribution in [3.8, 4) is 0 Å². The molecule has 1 aromatic carbocycles. The quantitative estimate of drug-likeness (QED) is 0.814. The van der Waals surface area contributed by atoms with Gasteiger partial charge in [0.05, 0.1) is 0 Å². The highest BCUT2D eigenvalue weighted by atomic mass is 35.5. The fourth-order valence-electron chi connectivity index (χ4n) is 0.888. The molecule has 0 unspecified atom stereocenters. The van der Waals surface area contributed by atoms with Gasteiger partial charge in [-0.2, -0.15) is 0 Å². The summed E-state index contributed by atoms with van der Waals surface area (Å²) in [5, 5.41) is 2.80. The number of imide groups is 1. The van der Waals surface area contributed by atoms with Gasteiger partial charge in [-0.3, -0.25) is 14.9 Å². The monoisotopic (exact) mass is 211 g/mol. The van der Waals surface area contributed by atoms with Gasteiger partial charge >= 0.3 is 0 Å². The Morgan fingerprint density at radius 1 is 1.29 bits per heavy atom. The second-order valence-corrected chi connectivity index (χ2v) is 3.17. The summed E-state index contributed by atoms with van der Waals surface area (Å²) in [6.45, 7) is 1.68. The molecule has 0 heterocycles. The smallest absolute Gasteiger partial charge is 0.257 e. The Morgan fingerprint density at radius 3 is 2.36 bits per heavy atom. The van der Waals surface area contributed by atoms with E-state index in [2.05, 4.69) is 5.32 Å². The third-order valence-electron chi connectivity index (χ3n) is 1.68. The molecule has 74 valence electrons. The van der Waals surface area contributed by atoms with Crippen LogP contribution in [-0.4, -0.2) is 11.8 Å². The second-order valence-electron chi connectivity index (χ2n) is 2.74. The van der Waals surface area contributed by atoms with E-state index in [-0.39, 0.29) is 5.91 Å². The van der Waals surface area contributed by atoms with Gasteiger partial charge < -0.3 is 0 Å². The van der Waals surface area contributed by atoms with Crippen LogP contribution < -0.4 is 5.32 Å². The molecule has 1 rings (SSSR count). The molecule has 0 atom stereocenters. The summed E-state index contributed by atoms with van der Waals surface area (Å²) in [4.78, 5) is 22.3. The molecule has 1 aromatic rings. The fourth-order valence-corrected chi connectivity index (χ4v) is 1.01. The van der Waals surface area contributed by atoms with Crippen molar-refractivity contribution < 1.29 is 9.59 Å². The lowest BCUT2D eigenvalue weighted by molar-refractivity contribution is -0.119. The largest absolute Gasteiger partial charge is 0.292 e. The predicted molar refractivity (Wildman–Crippen MR) is 54.2 cm³/mol. The minimum absolute atomic E-state index is 0.287. The number of hydrogen-bond donors (Lipinski definition) is 1. The van der Waals surface area contributed by atoms with Crippen LogP contribution in [0.3, 0.4) is 0 Å². The maximum absolute atomic E-state index is 11.4. The summed E-state index contributed by atoms with van der Waals surface area (Å²) >= 11 is 5.65. The van der Waals surface area contributed by atoms with Gasteiger partial charge in [-0.15, -0.1) is 0 Å². The number of nitrogens with one attached hydrogen (secondary N) is 1. The van der Waals surface area contributed by atoms with Crippen LogP contribution >= 0.6 is 11.6 Å². The van der Waals surface area contributed by atoms with Crippen LogP contribution in [0.15, 0.2) is 24.3 Å². The van der Waals surface area contributed by atoms with Gasteiger partial charge in [0.2, 0.25) is 5.91 Å². The second kappa shape index (κ2) is 4.77. The summed E-state index contributed by atoms with van der Waals surface area (Å²) in [5.74, 6) is -0.682. The molecule has 14 heavy (non-hydrogen) atoms. The third-order valence-corrected chi connectivity index (χ3v) is 1.93. The number of halogens is 1. The minimum atomic E-state index is -0.395. The number of rotatable bonds is 2. The first-order chi connectivity index (χ1) is 6.63. The topological polar surface area (TPSA) is 46.2 Å². The van der Waals surface area contributed by atoms with E-state index >= 15 is 0 Å². The molecular weight excluding hydrogens is 202 g/mol. The Bertz CT molecular complexity index is 346. The van der Waals surface area contributed by atoms with Gasteiger partial charge in [0.15, 0.2) is 0 Å². The average molecular weight is 212 g/mol. The Morgan fingerprint density at radius 2 is 1.86 bits per heavy atom. The first-order valence-corrected chi connectivity index (χ1v) is 4.61. The van der Waals surface area contributed by atoms with E-state index in [1.807, 2.05) is 0 Å². The first-order valence-electron chi connectivity index (χ1n) is 4.23. The highest BCUT2D eigenvalue weighted by Crippen LogP contribution is 2.09. The maximum Gasteiger partial charge on any atom is 0.257 e. The van der Waals surface area contributed by atoms with Crippen LogP contribution in [0, 0.1) is 0 Å². The summed E-state index contributed by atoms with van der Waals surface area (Å²) < 4.78 is 0. The van der Waals surface area contributed by atoms with Crippen LogP contribution in [0.1, 0.15) is 23.7 Å². The summed E-state index contributed by atoms with van der Waals surface area (Å²) in [7, 11) is 0. The molecule has 0 bridgehead atoms. The molecule has 0 aromatic heterocycles. The van der Waals surface area contributed by atoms with E-state index in [1.54, 1.807) is 31.2 Å². The summed E-state index contributed by atoms with van der Waals surface area (Å²) in [6, 6.07) is 6.35. The van der Waals surface area contributed by atoms with E-state index in [9.17, 15) is 9.59 Å². The van der Waals surface area contributed by atoms with E-state index in [0.717, 1.165) is 0 Å². The molecule has 0 aliphatic heterocycles. The van der Waals surface area contributed by atoms with Crippen LogP contribution in [0.5, 0.6) is 0 Å². The Hall–Kier alpha value is -1.35. The van der Waals surface area contributed by atoms with Crippen molar-refractivity contribution >= 4 is 23.4 Å². The van der Waals surface area contributed by atoms with E-state index in [4.69, 9.17) is 11.6 Å². The zero-order valence-corrected chi connectivity index (χ0v) is 8.47. The third kappa shape index (κ3) is 2.85. The highest BCUT2D eigenvalue weighted by Gasteiger charge is 2.07. The van der Waals surface area contributed by atoms with Crippen molar-refractivity contribution in [3.05, 3.63) is 34.9 Å². The van der Waals surface area contributed by atoms with Gasteiger partial charge in [0.1, 0.15) is 0 Å². The van der Waals surface area contributed by atoms with Crippen LogP contribution in [0.2, 0.25) is 5.02 Å². The standard InChI is InChI=1S/C10H10ClNO2/c1-2-9(13)12-10(14)7-3-5-8(11)6-4-7/h3-6H,2H2,1H3,(H,12,13,14). The van der Waals surface area contributed by atoms with Crippen LogP contribution in [0.4, 0.5) is 0 Å². The van der Waals surface area contributed by atoms with E-state index < -0.39 is 5.91 Å². The average Bonchev–Trinajstić information content (AvgIpc) is 2.18. The molecule has 4 heteroatoms. The van der Waals surface area contributed by atoms with Gasteiger partial charge in [-0.1, -0.05) is 18.5 Å². The molecule has 0 fully saturated rings. The molecule has 3 nitrogen and oxygen atoms in total. The van der Waals surface area contributed by atoms with E-state index in [0.29, 0.717) is 17.0 Å². The van der Waals surface area contributed by atoms with Crippen LogP contribution in [0.25, 0.3) is 0 Å². The van der Waals surface area contributed by atoms with Crippen molar-refractivity contribution in [3.63, 3.8) is 0 Å². The van der Waals surface area contributed by atoms with E-state index in [1.165, 1.54) is 0 Å². The lowest BCUT2D eigenvalue weighted by Gasteiger charge is -2.01. The normalized spacial score (nSPS) is 9.57. The Kier molecular flexibility index (Phi) is 3.65. The first kappa shape index (κ1) is 10.7. The number of carbonyl (C=O) groups is 2. The zero-order chi connectivity index (χ0) is 10.6. The van der Waals surface area contributed by atoms with Gasteiger partial charge in [-0.05, 0) is 24.3 Å². The lowest BCUT2D eigenvalue weighted by atomic mass is 10.2. The molecule has 1 N–H and O–H groups in total. The van der Waals surface area contributed by atoms with Crippen molar-refractivity contribution in [2.24, 2.45) is 0 Å². The molecule has 0 aliphatic carbocycles. The Labute approximate surface area is 87.1 Å². The molecule has 0 spiro atoms. The van der Waals surface area contributed by atoms with Crippen molar-refractivity contribution in [1.29, 1.82) is 0 Å². The SMILES string of the molecule is CCC(=O)NC(=O)c1ccc(Cl)cc1. The lowest BCUT2D eigenvalue weighted by Crippen LogP contribution is -2.29. The number of hydrogen-bond acceptors (Lipinski definition) is 2. The predicted octanol–water partition coefficient (Wildman–Crippen LogP) is 2.01.